The van der Waals surface area contributed by atoms with Crippen LogP contribution < -0.4 is 5.32 Å². The summed E-state index contributed by atoms with van der Waals surface area (Å²) in [4.78, 5) is 26.5. The van der Waals surface area contributed by atoms with Crippen molar-refractivity contribution in [3.05, 3.63) is 35.4 Å². The van der Waals surface area contributed by atoms with Gasteiger partial charge in [0.2, 0.25) is 5.91 Å². The molecule has 1 unspecified atom stereocenters. The van der Waals surface area contributed by atoms with E-state index in [9.17, 15) is 9.59 Å². The van der Waals surface area contributed by atoms with Crippen LogP contribution in [0.5, 0.6) is 0 Å². The first kappa shape index (κ1) is 20.3. The van der Waals surface area contributed by atoms with E-state index in [1.54, 1.807) is 0 Å². The van der Waals surface area contributed by atoms with Gasteiger partial charge in [0.05, 0.1) is 0 Å². The van der Waals surface area contributed by atoms with E-state index in [2.05, 4.69) is 30.4 Å². The average Bonchev–Trinajstić information content (AvgIpc) is 2.57. The van der Waals surface area contributed by atoms with Gasteiger partial charge in [-0.3, -0.25) is 4.79 Å². The maximum Gasteiger partial charge on any atom is 0.407 e. The fraction of sp³-hybridized carbons (Fsp3) is 0.619. The third-order valence-corrected chi connectivity index (χ3v) is 4.54. The molecule has 1 aromatic carbocycles. The smallest absolute Gasteiger partial charge is 0.407 e. The zero-order valence-corrected chi connectivity index (χ0v) is 16.5. The molecule has 1 aromatic rings. The molecule has 1 saturated heterocycles. The lowest BCUT2D eigenvalue weighted by molar-refractivity contribution is -0.134. The Labute approximate surface area is 157 Å². The lowest BCUT2D eigenvalue weighted by Crippen LogP contribution is -2.50. The monoisotopic (exact) mass is 360 g/mol. The number of aryl methyl sites for hydroxylation is 2. The number of carbonyl (C=O) groups is 2. The number of rotatable bonds is 5. The van der Waals surface area contributed by atoms with Gasteiger partial charge in [-0.2, -0.15) is 0 Å². The summed E-state index contributed by atoms with van der Waals surface area (Å²) in [7, 11) is 0. The van der Waals surface area contributed by atoms with Gasteiger partial charge in [0.15, 0.2) is 0 Å². The largest absolute Gasteiger partial charge is 0.444 e. The van der Waals surface area contributed by atoms with E-state index in [1.807, 2.05) is 31.7 Å². The van der Waals surface area contributed by atoms with Crippen LogP contribution in [0.15, 0.2) is 24.3 Å². The van der Waals surface area contributed by atoms with Crippen molar-refractivity contribution in [2.24, 2.45) is 0 Å². The van der Waals surface area contributed by atoms with Crippen molar-refractivity contribution in [2.75, 3.05) is 13.1 Å². The van der Waals surface area contributed by atoms with Crippen LogP contribution in [-0.2, 0) is 16.0 Å². The van der Waals surface area contributed by atoms with Crippen LogP contribution >= 0.6 is 0 Å². The molecule has 0 aliphatic carbocycles. The summed E-state index contributed by atoms with van der Waals surface area (Å²) in [5.74, 6) is 0.169. The quantitative estimate of drug-likeness (QED) is 0.868. The Kier molecular flexibility index (Phi) is 7.06. The predicted molar refractivity (Wildman–Crippen MR) is 103 cm³/mol. The first-order chi connectivity index (χ1) is 12.2. The average molecular weight is 360 g/mol. The van der Waals surface area contributed by atoms with E-state index in [1.165, 1.54) is 11.1 Å². The molecule has 0 aromatic heterocycles. The minimum absolute atomic E-state index is 0.0567. The summed E-state index contributed by atoms with van der Waals surface area (Å²) in [6.45, 7) is 8.81. The Balaban J connectivity index is 1.86. The minimum atomic E-state index is -0.514. The summed E-state index contributed by atoms with van der Waals surface area (Å²) in [6, 6.07) is 8.35. The summed E-state index contributed by atoms with van der Waals surface area (Å²) in [6.07, 6.45) is 3.87. The summed E-state index contributed by atoms with van der Waals surface area (Å²) >= 11 is 0. The molecule has 0 saturated carbocycles. The molecule has 1 N–H and O–H groups in total. The van der Waals surface area contributed by atoms with Crippen molar-refractivity contribution < 1.29 is 14.3 Å². The van der Waals surface area contributed by atoms with Gasteiger partial charge < -0.3 is 15.0 Å². The van der Waals surface area contributed by atoms with Crippen LogP contribution in [0.25, 0.3) is 0 Å². The number of amides is 2. The lowest BCUT2D eigenvalue weighted by atomic mass is 10.0. The third kappa shape index (κ3) is 6.70. The van der Waals surface area contributed by atoms with Gasteiger partial charge in [-0.05, 0) is 58.9 Å². The van der Waals surface area contributed by atoms with E-state index < -0.39 is 11.7 Å². The number of benzene rings is 1. The Hall–Kier alpha value is -2.04. The summed E-state index contributed by atoms with van der Waals surface area (Å²) < 4.78 is 5.29. The topological polar surface area (TPSA) is 58.6 Å². The number of alkyl carbamates (subject to hydrolysis) is 1. The van der Waals surface area contributed by atoms with E-state index in [0.29, 0.717) is 13.0 Å². The maximum absolute atomic E-state index is 12.7. The van der Waals surface area contributed by atoms with Crippen LogP contribution in [0.2, 0.25) is 0 Å². The van der Waals surface area contributed by atoms with Crippen LogP contribution in [0.3, 0.4) is 0 Å². The second kappa shape index (κ2) is 9.06. The molecule has 5 nitrogen and oxygen atoms in total. The minimum Gasteiger partial charge on any atom is -0.444 e. The van der Waals surface area contributed by atoms with Gasteiger partial charge in [0.1, 0.15) is 5.60 Å². The van der Waals surface area contributed by atoms with Crippen LogP contribution in [0.4, 0.5) is 4.79 Å². The van der Waals surface area contributed by atoms with Gasteiger partial charge in [-0.15, -0.1) is 0 Å². The highest BCUT2D eigenvalue weighted by Crippen LogP contribution is 2.19. The highest BCUT2D eigenvalue weighted by molar-refractivity contribution is 5.77. The zero-order valence-electron chi connectivity index (χ0n) is 16.5. The van der Waals surface area contributed by atoms with Gasteiger partial charge in [-0.1, -0.05) is 29.8 Å². The number of likely N-dealkylation sites (tertiary alicyclic amines) is 1. The highest BCUT2D eigenvalue weighted by atomic mass is 16.6. The maximum atomic E-state index is 12.7. The molecule has 0 bridgehead atoms. The Morgan fingerprint density at radius 2 is 2.04 bits per heavy atom. The standard InChI is InChI=1S/C21H32N2O3/c1-16-8-7-9-17(14-16)11-12-19(24)23-13-6-5-10-18(23)15-22-20(25)26-21(2,3)4/h7-9,14,18H,5-6,10-13,15H2,1-4H3,(H,22,25). The van der Waals surface area contributed by atoms with Crippen molar-refractivity contribution in [3.8, 4) is 0 Å². The summed E-state index contributed by atoms with van der Waals surface area (Å²) in [5.41, 5.74) is 1.89. The number of hydrogen-bond donors (Lipinski definition) is 1. The summed E-state index contributed by atoms with van der Waals surface area (Å²) in [5, 5.41) is 2.82. The van der Waals surface area contributed by atoms with Crippen LogP contribution in [-0.4, -0.2) is 41.6 Å². The highest BCUT2D eigenvalue weighted by Gasteiger charge is 2.27. The molecule has 5 heteroatoms. The molecule has 0 spiro atoms. The Bertz CT molecular complexity index is 622. The SMILES string of the molecule is Cc1cccc(CCC(=O)N2CCCCC2CNC(=O)OC(C)(C)C)c1. The first-order valence-electron chi connectivity index (χ1n) is 9.56. The lowest BCUT2D eigenvalue weighted by Gasteiger charge is -2.36. The van der Waals surface area contributed by atoms with Gasteiger partial charge in [0.25, 0.3) is 0 Å². The zero-order chi connectivity index (χ0) is 19.2. The number of ether oxygens (including phenoxy) is 1. The normalized spacial score (nSPS) is 17.7. The number of carbonyl (C=O) groups excluding carboxylic acids is 2. The van der Waals surface area contributed by atoms with Crippen molar-refractivity contribution in [1.29, 1.82) is 0 Å². The van der Waals surface area contributed by atoms with Crippen molar-refractivity contribution in [3.63, 3.8) is 0 Å². The molecule has 2 rings (SSSR count). The van der Waals surface area contributed by atoms with E-state index in [0.717, 1.165) is 32.2 Å². The fourth-order valence-electron chi connectivity index (χ4n) is 3.32. The second-order valence-electron chi connectivity index (χ2n) is 8.11. The number of piperidine rings is 1. The second-order valence-corrected chi connectivity index (χ2v) is 8.11. The van der Waals surface area contributed by atoms with Crippen molar-refractivity contribution in [1.82, 2.24) is 10.2 Å². The molecule has 1 aliphatic rings. The Morgan fingerprint density at radius 3 is 2.73 bits per heavy atom. The van der Waals surface area contributed by atoms with Crippen molar-refractivity contribution in [2.45, 2.75) is 71.4 Å². The molecule has 1 aliphatic heterocycles. The molecule has 1 heterocycles. The van der Waals surface area contributed by atoms with E-state index in [4.69, 9.17) is 4.74 Å². The molecule has 2 amide bonds. The van der Waals surface area contributed by atoms with Crippen LogP contribution in [0.1, 0.15) is 57.6 Å². The van der Waals surface area contributed by atoms with Crippen molar-refractivity contribution >= 4 is 12.0 Å². The molecule has 1 atom stereocenters. The first-order valence-corrected chi connectivity index (χ1v) is 9.56. The number of hydrogen-bond acceptors (Lipinski definition) is 3. The molecule has 26 heavy (non-hydrogen) atoms. The van der Waals surface area contributed by atoms with Crippen LogP contribution in [0, 0.1) is 6.92 Å². The molecule has 1 fully saturated rings. The van der Waals surface area contributed by atoms with Gasteiger partial charge in [0, 0.05) is 25.6 Å². The van der Waals surface area contributed by atoms with E-state index in [-0.39, 0.29) is 11.9 Å². The van der Waals surface area contributed by atoms with Gasteiger partial charge >= 0.3 is 6.09 Å². The molecular weight excluding hydrogens is 328 g/mol. The van der Waals surface area contributed by atoms with Gasteiger partial charge in [-0.25, -0.2) is 4.79 Å². The fourth-order valence-corrected chi connectivity index (χ4v) is 3.32. The number of nitrogens with one attached hydrogen (secondary N) is 1. The predicted octanol–water partition coefficient (Wildman–Crippen LogP) is 3.83. The Morgan fingerprint density at radius 1 is 1.27 bits per heavy atom. The number of nitrogens with zero attached hydrogens (tertiary/aromatic N) is 1. The molecular formula is C21H32N2O3. The molecule has 144 valence electrons. The third-order valence-electron chi connectivity index (χ3n) is 4.54. The molecule has 0 radical (unpaired) electrons. The van der Waals surface area contributed by atoms with E-state index >= 15 is 0 Å².